The summed E-state index contributed by atoms with van der Waals surface area (Å²) >= 11 is 0. The number of nitrogens with zero attached hydrogens (tertiary/aromatic N) is 1. The van der Waals surface area contributed by atoms with Crippen molar-refractivity contribution in [3.63, 3.8) is 0 Å². The van der Waals surface area contributed by atoms with E-state index in [1.165, 1.54) is 12.8 Å². The standard InChI is InChI=1S/C14H25NO2/c1-3-4-14(13(16)17)5-7-15(8-6-14)12-9-11(2)10-12/h11-12H,3-10H2,1-2H3,(H,16,17). The van der Waals surface area contributed by atoms with Crippen LogP contribution in [0, 0.1) is 11.3 Å². The average molecular weight is 239 g/mol. The first kappa shape index (κ1) is 12.9. The van der Waals surface area contributed by atoms with E-state index in [1.807, 2.05) is 0 Å². The van der Waals surface area contributed by atoms with Crippen molar-refractivity contribution in [2.45, 2.75) is 58.4 Å². The van der Waals surface area contributed by atoms with E-state index in [2.05, 4.69) is 18.7 Å². The van der Waals surface area contributed by atoms with Crippen molar-refractivity contribution in [2.24, 2.45) is 11.3 Å². The van der Waals surface area contributed by atoms with E-state index in [-0.39, 0.29) is 0 Å². The number of aliphatic carboxylic acids is 1. The van der Waals surface area contributed by atoms with Crippen LogP contribution in [0.5, 0.6) is 0 Å². The molecule has 1 saturated carbocycles. The van der Waals surface area contributed by atoms with E-state index >= 15 is 0 Å². The van der Waals surface area contributed by atoms with Crippen LogP contribution in [-0.4, -0.2) is 35.1 Å². The molecule has 0 aromatic heterocycles. The molecule has 1 saturated heterocycles. The van der Waals surface area contributed by atoms with Crippen LogP contribution < -0.4 is 0 Å². The lowest BCUT2D eigenvalue weighted by molar-refractivity contribution is -0.153. The largest absolute Gasteiger partial charge is 0.481 e. The first-order chi connectivity index (χ1) is 8.07. The topological polar surface area (TPSA) is 40.5 Å². The Hall–Kier alpha value is -0.570. The Morgan fingerprint density at radius 3 is 2.35 bits per heavy atom. The van der Waals surface area contributed by atoms with Crippen LogP contribution in [0.1, 0.15) is 52.4 Å². The second-order valence-corrected chi connectivity index (χ2v) is 6.10. The maximum atomic E-state index is 11.5. The number of hydrogen-bond acceptors (Lipinski definition) is 2. The molecule has 2 aliphatic rings. The van der Waals surface area contributed by atoms with Gasteiger partial charge >= 0.3 is 5.97 Å². The molecule has 3 nitrogen and oxygen atoms in total. The lowest BCUT2D eigenvalue weighted by Gasteiger charge is -2.47. The van der Waals surface area contributed by atoms with E-state index in [0.29, 0.717) is 0 Å². The highest BCUT2D eigenvalue weighted by Crippen LogP contribution is 2.40. The number of hydrogen-bond donors (Lipinski definition) is 1. The third-order valence-electron chi connectivity index (χ3n) is 4.80. The van der Waals surface area contributed by atoms with Gasteiger partial charge in [-0.2, -0.15) is 0 Å². The lowest BCUT2D eigenvalue weighted by Crippen LogP contribution is -2.51. The van der Waals surface area contributed by atoms with Gasteiger partial charge in [-0.05, 0) is 51.1 Å². The second-order valence-electron chi connectivity index (χ2n) is 6.10. The highest BCUT2D eigenvalue weighted by atomic mass is 16.4. The summed E-state index contributed by atoms with van der Waals surface area (Å²) in [5.74, 6) is 0.308. The van der Waals surface area contributed by atoms with E-state index in [4.69, 9.17) is 0 Å². The molecule has 0 spiro atoms. The van der Waals surface area contributed by atoms with Crippen LogP contribution in [-0.2, 0) is 4.79 Å². The smallest absolute Gasteiger partial charge is 0.309 e. The van der Waals surface area contributed by atoms with Crippen LogP contribution in [0.25, 0.3) is 0 Å². The number of carboxylic acids is 1. The summed E-state index contributed by atoms with van der Waals surface area (Å²) in [4.78, 5) is 14.0. The minimum Gasteiger partial charge on any atom is -0.481 e. The van der Waals surface area contributed by atoms with Gasteiger partial charge in [-0.15, -0.1) is 0 Å². The van der Waals surface area contributed by atoms with Gasteiger partial charge in [0.2, 0.25) is 0 Å². The molecule has 17 heavy (non-hydrogen) atoms. The molecule has 0 amide bonds. The molecule has 0 atom stereocenters. The molecule has 98 valence electrons. The minimum absolute atomic E-state index is 0.416. The molecule has 1 aliphatic heterocycles. The summed E-state index contributed by atoms with van der Waals surface area (Å²) in [5, 5.41) is 9.44. The predicted molar refractivity (Wildman–Crippen MR) is 68.0 cm³/mol. The molecular weight excluding hydrogens is 214 g/mol. The zero-order valence-electron chi connectivity index (χ0n) is 11.1. The Morgan fingerprint density at radius 1 is 1.35 bits per heavy atom. The fourth-order valence-corrected chi connectivity index (χ4v) is 3.52. The summed E-state index contributed by atoms with van der Waals surface area (Å²) in [6.07, 6.45) is 6.15. The van der Waals surface area contributed by atoms with Gasteiger partial charge in [-0.25, -0.2) is 0 Å². The van der Waals surface area contributed by atoms with Gasteiger partial charge in [-0.1, -0.05) is 20.3 Å². The van der Waals surface area contributed by atoms with E-state index in [1.54, 1.807) is 0 Å². The van der Waals surface area contributed by atoms with Crippen LogP contribution in [0.3, 0.4) is 0 Å². The van der Waals surface area contributed by atoms with Crippen molar-refractivity contribution < 1.29 is 9.90 Å². The summed E-state index contributed by atoms with van der Waals surface area (Å²) in [5.41, 5.74) is -0.416. The monoisotopic (exact) mass is 239 g/mol. The number of rotatable bonds is 4. The Kier molecular flexibility index (Phi) is 3.76. The molecule has 0 radical (unpaired) electrons. The molecule has 1 heterocycles. The molecule has 2 fully saturated rings. The van der Waals surface area contributed by atoms with Crippen LogP contribution >= 0.6 is 0 Å². The Balaban J connectivity index is 1.89. The van der Waals surface area contributed by atoms with Crippen molar-refractivity contribution in [2.75, 3.05) is 13.1 Å². The van der Waals surface area contributed by atoms with Gasteiger partial charge in [-0.3, -0.25) is 4.79 Å². The quantitative estimate of drug-likeness (QED) is 0.820. The van der Waals surface area contributed by atoms with Crippen molar-refractivity contribution in [3.8, 4) is 0 Å². The fourth-order valence-electron chi connectivity index (χ4n) is 3.52. The Morgan fingerprint density at radius 2 is 1.94 bits per heavy atom. The normalized spacial score (nSPS) is 33.1. The molecule has 0 aromatic rings. The molecular formula is C14H25NO2. The molecule has 3 heteroatoms. The van der Waals surface area contributed by atoms with Crippen molar-refractivity contribution in [3.05, 3.63) is 0 Å². The summed E-state index contributed by atoms with van der Waals surface area (Å²) in [6, 6.07) is 0.749. The van der Waals surface area contributed by atoms with Gasteiger partial charge in [0.15, 0.2) is 0 Å². The molecule has 0 aromatic carbocycles. The highest BCUT2D eigenvalue weighted by molar-refractivity contribution is 5.74. The highest BCUT2D eigenvalue weighted by Gasteiger charge is 2.43. The van der Waals surface area contributed by atoms with Gasteiger partial charge in [0.25, 0.3) is 0 Å². The van der Waals surface area contributed by atoms with Crippen molar-refractivity contribution in [1.82, 2.24) is 4.90 Å². The van der Waals surface area contributed by atoms with Crippen molar-refractivity contribution in [1.29, 1.82) is 0 Å². The Bertz CT molecular complexity index is 276. The SMILES string of the molecule is CCCC1(C(=O)O)CCN(C2CC(C)C2)CC1. The van der Waals surface area contributed by atoms with Crippen molar-refractivity contribution >= 4 is 5.97 Å². The number of likely N-dealkylation sites (tertiary alicyclic amines) is 1. The van der Waals surface area contributed by atoms with Crippen LogP contribution in [0.2, 0.25) is 0 Å². The summed E-state index contributed by atoms with van der Waals surface area (Å²) in [7, 11) is 0. The first-order valence-corrected chi connectivity index (χ1v) is 7.05. The molecule has 0 unspecified atom stereocenters. The maximum Gasteiger partial charge on any atom is 0.309 e. The maximum absolute atomic E-state index is 11.5. The average Bonchev–Trinajstić information content (AvgIpc) is 2.26. The van der Waals surface area contributed by atoms with Gasteiger partial charge < -0.3 is 10.0 Å². The van der Waals surface area contributed by atoms with Gasteiger partial charge in [0.05, 0.1) is 5.41 Å². The third kappa shape index (κ3) is 2.49. The van der Waals surface area contributed by atoms with Gasteiger partial charge in [0.1, 0.15) is 0 Å². The molecule has 2 rings (SSSR count). The molecule has 0 bridgehead atoms. The zero-order chi connectivity index (χ0) is 12.5. The van der Waals surface area contributed by atoms with E-state index < -0.39 is 11.4 Å². The Labute approximate surface area is 104 Å². The third-order valence-corrected chi connectivity index (χ3v) is 4.80. The van der Waals surface area contributed by atoms with E-state index in [0.717, 1.165) is 50.7 Å². The number of piperidine rings is 1. The first-order valence-electron chi connectivity index (χ1n) is 7.05. The molecule has 1 aliphatic carbocycles. The minimum atomic E-state index is -0.569. The zero-order valence-corrected chi connectivity index (χ0v) is 11.1. The lowest BCUT2D eigenvalue weighted by atomic mass is 9.73. The predicted octanol–water partition coefficient (Wildman–Crippen LogP) is 2.75. The fraction of sp³-hybridized carbons (Fsp3) is 0.929. The summed E-state index contributed by atoms with van der Waals surface area (Å²) < 4.78 is 0. The number of carbonyl (C=O) groups is 1. The second kappa shape index (κ2) is 4.97. The number of carboxylic acid groups (broad SMARTS) is 1. The summed E-state index contributed by atoms with van der Waals surface area (Å²) in [6.45, 7) is 6.37. The van der Waals surface area contributed by atoms with Crippen LogP contribution in [0.4, 0.5) is 0 Å². The molecule has 1 N–H and O–H groups in total. The van der Waals surface area contributed by atoms with E-state index in [9.17, 15) is 9.90 Å². The van der Waals surface area contributed by atoms with Gasteiger partial charge in [0, 0.05) is 6.04 Å². The van der Waals surface area contributed by atoms with Crippen LogP contribution in [0.15, 0.2) is 0 Å².